The predicted octanol–water partition coefficient (Wildman–Crippen LogP) is 5.87. The Hall–Kier alpha value is -2.27. The Balaban J connectivity index is 0.000000385. The van der Waals surface area contributed by atoms with Gasteiger partial charge in [0, 0.05) is 23.2 Å². The van der Waals surface area contributed by atoms with Crippen LogP contribution in [0, 0.1) is 0 Å². The van der Waals surface area contributed by atoms with Crippen molar-refractivity contribution in [1.29, 1.82) is 0 Å². The van der Waals surface area contributed by atoms with E-state index in [1.54, 1.807) is 12.4 Å². The molecule has 0 N–H and O–H groups in total. The smallest absolute Gasteiger partial charge is 0.180 e. The Morgan fingerprint density at radius 3 is 1.42 bits per heavy atom. The first kappa shape index (κ1) is 17.2. The molecule has 2 aromatic carbocycles. The van der Waals surface area contributed by atoms with Crippen LogP contribution >= 0.6 is 34.8 Å². The van der Waals surface area contributed by atoms with Crippen LogP contribution in [0.1, 0.15) is 0 Å². The van der Waals surface area contributed by atoms with E-state index in [9.17, 15) is 0 Å². The molecule has 0 aliphatic rings. The fraction of sp³-hybridized carbons (Fsp3) is 0.0526. The van der Waals surface area contributed by atoms with E-state index in [4.69, 9.17) is 44.8 Å². The van der Waals surface area contributed by atoms with E-state index in [1.165, 1.54) is 0 Å². The second-order valence-corrected chi connectivity index (χ2v) is 7.44. The first-order valence-corrected chi connectivity index (χ1v) is 9.06. The van der Waals surface area contributed by atoms with Gasteiger partial charge >= 0.3 is 0 Å². The van der Waals surface area contributed by atoms with E-state index in [2.05, 4.69) is 9.97 Å². The van der Waals surface area contributed by atoms with Crippen LogP contribution in [-0.4, -0.2) is 24.2 Å². The van der Waals surface area contributed by atoms with Crippen LogP contribution in [0.25, 0.3) is 43.9 Å². The van der Waals surface area contributed by atoms with Crippen molar-refractivity contribution < 1.29 is 0 Å². The molecule has 3 heterocycles. The number of alkyl halides is 3. The fourth-order valence-electron chi connectivity index (χ4n) is 2.95. The van der Waals surface area contributed by atoms with Gasteiger partial charge in [-0.25, -0.2) is 9.97 Å². The molecule has 0 amide bonds. The zero-order chi connectivity index (χ0) is 18.1. The average Bonchev–Trinajstić information content (AvgIpc) is 2.66. The minimum absolute atomic E-state index is 0.750. The summed E-state index contributed by atoms with van der Waals surface area (Å²) in [5.74, 6) is 0. The molecule has 128 valence electrons. The number of halogens is 3. The first-order chi connectivity index (χ1) is 12.6. The van der Waals surface area contributed by atoms with E-state index in [-0.39, 0.29) is 0 Å². The molecule has 4 nitrogen and oxygen atoms in total. The van der Waals surface area contributed by atoms with Crippen molar-refractivity contribution >= 4 is 78.7 Å². The lowest BCUT2D eigenvalue weighted by molar-refractivity contribution is 1.36. The summed E-state index contributed by atoms with van der Waals surface area (Å²) in [6, 6.07) is 15.8. The van der Waals surface area contributed by atoms with Gasteiger partial charge in [-0.3, -0.25) is 9.97 Å². The van der Waals surface area contributed by atoms with Gasteiger partial charge < -0.3 is 0 Å². The number of rotatable bonds is 0. The number of benzene rings is 2. The Kier molecular flexibility index (Phi) is 4.72. The van der Waals surface area contributed by atoms with E-state index in [1.807, 2.05) is 48.5 Å². The third-order valence-corrected chi connectivity index (χ3v) is 3.92. The number of para-hydroxylation sites is 2. The Labute approximate surface area is 163 Å². The molecule has 7 heteroatoms. The number of aromatic nitrogens is 4. The lowest BCUT2D eigenvalue weighted by atomic mass is 10.1. The van der Waals surface area contributed by atoms with E-state index < -0.39 is 4.30 Å². The standard InChI is InChI=1S/C18H10N4.CHCl3/c1-2-8-14-13(7-1)21-17-11-5-3-9-19-15(11)16-12(18(17)22-14)6-4-10-20-16;2-1(3)4/h1-10H;1H. The highest BCUT2D eigenvalue weighted by molar-refractivity contribution is 6.63. The molecule has 0 radical (unpaired) electrons. The normalized spacial score (nSPS) is 11.2. The number of hydrogen-bond donors (Lipinski definition) is 0. The van der Waals surface area contributed by atoms with E-state index in [0.29, 0.717) is 0 Å². The monoisotopic (exact) mass is 400 g/mol. The maximum Gasteiger partial charge on any atom is 0.180 e. The highest BCUT2D eigenvalue weighted by atomic mass is 35.6. The van der Waals surface area contributed by atoms with Crippen molar-refractivity contribution in [2.24, 2.45) is 0 Å². The molecule has 0 aliphatic heterocycles. The zero-order valence-corrected chi connectivity index (χ0v) is 15.5. The largest absolute Gasteiger partial charge is 0.254 e. The molecule has 0 bridgehead atoms. The highest BCUT2D eigenvalue weighted by Crippen LogP contribution is 2.31. The topological polar surface area (TPSA) is 51.6 Å². The van der Waals surface area contributed by atoms with Crippen molar-refractivity contribution in [3.05, 3.63) is 60.9 Å². The predicted molar refractivity (Wildman–Crippen MR) is 109 cm³/mol. The minimum atomic E-state index is -0.750. The second-order valence-electron chi connectivity index (χ2n) is 5.46. The third kappa shape index (κ3) is 3.12. The van der Waals surface area contributed by atoms with E-state index in [0.717, 1.165) is 43.9 Å². The Bertz CT molecular complexity index is 1140. The molecule has 5 rings (SSSR count). The summed E-state index contributed by atoms with van der Waals surface area (Å²) in [6.07, 6.45) is 3.58. The van der Waals surface area contributed by atoms with Crippen LogP contribution in [0.4, 0.5) is 0 Å². The molecule has 0 saturated heterocycles. The van der Waals surface area contributed by atoms with Crippen molar-refractivity contribution in [1.82, 2.24) is 19.9 Å². The van der Waals surface area contributed by atoms with Gasteiger partial charge in [0.2, 0.25) is 0 Å². The van der Waals surface area contributed by atoms with Gasteiger partial charge in [0.25, 0.3) is 0 Å². The van der Waals surface area contributed by atoms with Crippen LogP contribution in [0.5, 0.6) is 0 Å². The van der Waals surface area contributed by atoms with Crippen LogP contribution < -0.4 is 0 Å². The number of fused-ring (bicyclic) bond motifs is 7. The lowest BCUT2D eigenvalue weighted by Crippen LogP contribution is -1.93. The molecule has 0 unspecified atom stereocenters. The average molecular weight is 402 g/mol. The molecule has 0 saturated carbocycles. The summed E-state index contributed by atoms with van der Waals surface area (Å²) in [7, 11) is 0. The molecule has 0 atom stereocenters. The SMILES string of the molecule is ClC(Cl)Cl.c1ccc2nc3c4cccnc4c4ncccc4c3nc2c1. The highest BCUT2D eigenvalue weighted by Gasteiger charge is 2.12. The lowest BCUT2D eigenvalue weighted by Gasteiger charge is -2.08. The van der Waals surface area contributed by atoms with Crippen molar-refractivity contribution in [3.63, 3.8) is 0 Å². The van der Waals surface area contributed by atoms with Gasteiger partial charge in [0.15, 0.2) is 4.30 Å². The first-order valence-electron chi connectivity index (χ1n) is 7.75. The maximum atomic E-state index is 4.83. The Morgan fingerprint density at radius 1 is 0.577 bits per heavy atom. The number of nitrogens with zero attached hydrogens (tertiary/aromatic N) is 4. The molecule has 0 spiro atoms. The third-order valence-electron chi connectivity index (χ3n) is 3.92. The quantitative estimate of drug-likeness (QED) is 0.185. The van der Waals surface area contributed by atoms with Crippen molar-refractivity contribution in [2.75, 3.05) is 0 Å². The molecule has 26 heavy (non-hydrogen) atoms. The van der Waals surface area contributed by atoms with Crippen molar-refractivity contribution in [2.45, 2.75) is 4.30 Å². The van der Waals surface area contributed by atoms with Crippen LogP contribution in [0.15, 0.2) is 60.9 Å². The van der Waals surface area contributed by atoms with Crippen LogP contribution in [0.3, 0.4) is 0 Å². The summed E-state index contributed by atoms with van der Waals surface area (Å²) in [6.45, 7) is 0. The van der Waals surface area contributed by atoms with Crippen LogP contribution in [-0.2, 0) is 0 Å². The molecule has 5 aromatic rings. The minimum Gasteiger partial charge on any atom is -0.254 e. The second kappa shape index (κ2) is 7.16. The zero-order valence-electron chi connectivity index (χ0n) is 13.3. The Morgan fingerprint density at radius 2 is 1.00 bits per heavy atom. The molecule has 0 aliphatic carbocycles. The van der Waals surface area contributed by atoms with Gasteiger partial charge in [0.05, 0.1) is 33.1 Å². The molecular weight excluding hydrogens is 391 g/mol. The van der Waals surface area contributed by atoms with E-state index >= 15 is 0 Å². The summed E-state index contributed by atoms with van der Waals surface area (Å²) in [4.78, 5) is 18.7. The summed E-state index contributed by atoms with van der Waals surface area (Å²) < 4.78 is -0.750. The fourth-order valence-corrected chi connectivity index (χ4v) is 2.95. The molecular formula is C19H11Cl3N4. The van der Waals surface area contributed by atoms with Gasteiger partial charge in [-0.2, -0.15) is 0 Å². The number of pyridine rings is 2. The van der Waals surface area contributed by atoms with Crippen molar-refractivity contribution in [3.8, 4) is 0 Å². The summed E-state index contributed by atoms with van der Waals surface area (Å²) in [5.41, 5.74) is 5.28. The summed E-state index contributed by atoms with van der Waals surface area (Å²) >= 11 is 14.4. The molecule has 3 aromatic heterocycles. The van der Waals surface area contributed by atoms with Gasteiger partial charge in [-0.05, 0) is 36.4 Å². The molecule has 0 fully saturated rings. The number of hydrogen-bond acceptors (Lipinski definition) is 4. The van der Waals surface area contributed by atoms with Gasteiger partial charge in [-0.1, -0.05) is 46.9 Å². The van der Waals surface area contributed by atoms with Crippen LogP contribution in [0.2, 0.25) is 0 Å². The maximum absolute atomic E-state index is 4.83. The van der Waals surface area contributed by atoms with Gasteiger partial charge in [-0.15, -0.1) is 0 Å². The summed E-state index contributed by atoms with van der Waals surface area (Å²) in [5, 5.41) is 1.98. The van der Waals surface area contributed by atoms with Gasteiger partial charge in [0.1, 0.15) is 0 Å².